The third-order valence-electron chi connectivity index (χ3n) is 6.34. The molecule has 2 aromatic carbocycles. The van der Waals surface area contributed by atoms with Crippen LogP contribution in [0.5, 0.6) is 0 Å². The Kier molecular flexibility index (Phi) is 11.0. The summed E-state index contributed by atoms with van der Waals surface area (Å²) in [6.45, 7) is 8.15. The van der Waals surface area contributed by atoms with Gasteiger partial charge in [-0.15, -0.1) is 24.0 Å². The first kappa shape index (κ1) is 26.0. The van der Waals surface area contributed by atoms with E-state index in [2.05, 4.69) is 71.7 Å². The first-order valence-corrected chi connectivity index (χ1v) is 12.1. The lowest BCUT2D eigenvalue weighted by Gasteiger charge is -2.22. The second-order valence-corrected chi connectivity index (χ2v) is 8.90. The molecular weight excluding hydrogens is 525 g/mol. The van der Waals surface area contributed by atoms with Crippen molar-refractivity contribution in [3.05, 3.63) is 71.3 Å². The second kappa shape index (κ2) is 13.9. The van der Waals surface area contributed by atoms with Crippen LogP contribution in [0, 0.1) is 5.92 Å². The zero-order valence-electron chi connectivity index (χ0n) is 19.7. The maximum atomic E-state index is 6.09. The second-order valence-electron chi connectivity index (χ2n) is 8.90. The first-order chi connectivity index (χ1) is 15.8. The highest BCUT2D eigenvalue weighted by atomic mass is 127. The van der Waals surface area contributed by atoms with Crippen LogP contribution in [0.1, 0.15) is 42.9 Å². The van der Waals surface area contributed by atoms with E-state index in [-0.39, 0.29) is 24.0 Å². The molecule has 0 aliphatic carbocycles. The monoisotopic (exact) mass is 563 g/mol. The van der Waals surface area contributed by atoms with Gasteiger partial charge >= 0.3 is 0 Å². The number of likely N-dealkylation sites (tertiary alicyclic amines) is 1. The van der Waals surface area contributed by atoms with Gasteiger partial charge in [-0.2, -0.15) is 0 Å². The van der Waals surface area contributed by atoms with Crippen LogP contribution in [-0.2, 0) is 29.0 Å². The average Bonchev–Trinajstić information content (AvgIpc) is 3.30. The van der Waals surface area contributed by atoms with Gasteiger partial charge in [0.05, 0.1) is 19.3 Å². The SMILES string of the molecule is CCNC(=NCc1cccc(COC2CCOCC2)c1)N1CCC(Cc2ccccc2)C1.I. The summed E-state index contributed by atoms with van der Waals surface area (Å²) < 4.78 is 11.5. The van der Waals surface area contributed by atoms with E-state index in [1.54, 1.807) is 0 Å². The van der Waals surface area contributed by atoms with Gasteiger partial charge in [-0.25, -0.2) is 4.99 Å². The fourth-order valence-corrected chi connectivity index (χ4v) is 4.61. The number of ether oxygens (including phenoxy) is 2. The third kappa shape index (κ3) is 8.26. The van der Waals surface area contributed by atoms with E-state index in [4.69, 9.17) is 14.5 Å². The summed E-state index contributed by atoms with van der Waals surface area (Å²) in [5.41, 5.74) is 3.88. The molecule has 2 aliphatic heterocycles. The Balaban J connectivity index is 0.00000306. The zero-order valence-corrected chi connectivity index (χ0v) is 22.1. The Bertz CT molecular complexity index is 855. The van der Waals surface area contributed by atoms with Crippen LogP contribution < -0.4 is 5.32 Å². The normalized spacial score (nSPS) is 19.4. The van der Waals surface area contributed by atoms with Crippen LogP contribution in [0.25, 0.3) is 0 Å². The molecule has 2 aromatic rings. The maximum absolute atomic E-state index is 6.09. The van der Waals surface area contributed by atoms with Crippen LogP contribution in [0.3, 0.4) is 0 Å². The van der Waals surface area contributed by atoms with Crippen LogP contribution >= 0.6 is 24.0 Å². The molecule has 1 atom stereocenters. The van der Waals surface area contributed by atoms with Crippen molar-refractivity contribution in [2.45, 2.75) is 51.9 Å². The van der Waals surface area contributed by atoms with Gasteiger partial charge in [0, 0.05) is 32.8 Å². The van der Waals surface area contributed by atoms with Crippen molar-refractivity contribution in [1.82, 2.24) is 10.2 Å². The lowest BCUT2D eigenvalue weighted by molar-refractivity contribution is -0.0390. The van der Waals surface area contributed by atoms with Crippen molar-refractivity contribution in [3.63, 3.8) is 0 Å². The fourth-order valence-electron chi connectivity index (χ4n) is 4.61. The number of hydrogen-bond acceptors (Lipinski definition) is 3. The van der Waals surface area contributed by atoms with Crippen molar-refractivity contribution >= 4 is 29.9 Å². The van der Waals surface area contributed by atoms with Gasteiger partial charge in [-0.3, -0.25) is 0 Å². The highest BCUT2D eigenvalue weighted by Crippen LogP contribution is 2.21. The van der Waals surface area contributed by atoms with E-state index in [0.29, 0.717) is 25.2 Å². The third-order valence-corrected chi connectivity index (χ3v) is 6.34. The smallest absolute Gasteiger partial charge is 0.194 e. The number of rotatable bonds is 8. The minimum Gasteiger partial charge on any atom is -0.381 e. The van der Waals surface area contributed by atoms with Gasteiger partial charge in [0.15, 0.2) is 5.96 Å². The summed E-state index contributed by atoms with van der Waals surface area (Å²) in [5, 5.41) is 3.50. The van der Waals surface area contributed by atoms with Gasteiger partial charge in [0.25, 0.3) is 0 Å². The Morgan fingerprint density at radius 2 is 1.79 bits per heavy atom. The lowest BCUT2D eigenvalue weighted by Crippen LogP contribution is -2.40. The summed E-state index contributed by atoms with van der Waals surface area (Å²) in [4.78, 5) is 7.40. The first-order valence-electron chi connectivity index (χ1n) is 12.1. The molecule has 33 heavy (non-hydrogen) atoms. The molecule has 5 nitrogen and oxygen atoms in total. The predicted octanol–water partition coefficient (Wildman–Crippen LogP) is 5.03. The van der Waals surface area contributed by atoms with Crippen LogP contribution in [0.4, 0.5) is 0 Å². The molecular formula is C27H38IN3O2. The molecule has 0 bridgehead atoms. The summed E-state index contributed by atoms with van der Waals surface area (Å²) in [5.74, 6) is 1.72. The standard InChI is InChI=1S/C27H37N3O2.HI/c1-2-28-27(30-14-11-24(20-30)17-22-7-4-3-5-8-22)29-19-23-9-6-10-25(18-23)21-32-26-12-15-31-16-13-26;/h3-10,18,24,26H,2,11-17,19-21H2,1H3,(H,28,29);1H. The largest absolute Gasteiger partial charge is 0.381 e. The number of halogens is 1. The molecule has 180 valence electrons. The molecule has 0 spiro atoms. The van der Waals surface area contributed by atoms with Crippen LogP contribution in [0.15, 0.2) is 59.6 Å². The lowest BCUT2D eigenvalue weighted by atomic mass is 9.99. The molecule has 1 N–H and O–H groups in total. The molecule has 1 unspecified atom stereocenters. The van der Waals surface area contributed by atoms with Gasteiger partial charge in [0.1, 0.15) is 0 Å². The van der Waals surface area contributed by atoms with Gasteiger partial charge in [0.2, 0.25) is 0 Å². The molecule has 0 aromatic heterocycles. The molecule has 2 saturated heterocycles. The van der Waals surface area contributed by atoms with Gasteiger partial charge in [-0.1, -0.05) is 54.6 Å². The van der Waals surface area contributed by atoms with E-state index in [9.17, 15) is 0 Å². The van der Waals surface area contributed by atoms with Crippen LogP contribution in [-0.4, -0.2) is 49.8 Å². The van der Waals surface area contributed by atoms with Crippen molar-refractivity contribution in [3.8, 4) is 0 Å². The van der Waals surface area contributed by atoms with Crippen molar-refractivity contribution in [2.75, 3.05) is 32.8 Å². The average molecular weight is 564 g/mol. The minimum absolute atomic E-state index is 0. The quantitative estimate of drug-likeness (QED) is 0.278. The molecule has 0 radical (unpaired) electrons. The van der Waals surface area contributed by atoms with Crippen LogP contribution in [0.2, 0.25) is 0 Å². The summed E-state index contributed by atoms with van der Waals surface area (Å²) in [6.07, 6.45) is 4.68. The minimum atomic E-state index is 0. The van der Waals surface area contributed by atoms with E-state index in [1.165, 1.54) is 23.1 Å². The van der Waals surface area contributed by atoms with Gasteiger partial charge < -0.3 is 19.7 Å². The van der Waals surface area contributed by atoms with E-state index >= 15 is 0 Å². The van der Waals surface area contributed by atoms with Crippen molar-refractivity contribution in [1.29, 1.82) is 0 Å². The summed E-state index contributed by atoms with van der Waals surface area (Å²) in [6, 6.07) is 19.5. The predicted molar refractivity (Wildman–Crippen MR) is 145 cm³/mol. The summed E-state index contributed by atoms with van der Waals surface area (Å²) in [7, 11) is 0. The van der Waals surface area contributed by atoms with Crippen molar-refractivity contribution in [2.24, 2.45) is 10.9 Å². The molecule has 0 amide bonds. The molecule has 4 rings (SSSR count). The highest BCUT2D eigenvalue weighted by molar-refractivity contribution is 14.0. The highest BCUT2D eigenvalue weighted by Gasteiger charge is 2.25. The molecule has 2 aliphatic rings. The summed E-state index contributed by atoms with van der Waals surface area (Å²) >= 11 is 0. The number of nitrogens with one attached hydrogen (secondary N) is 1. The number of aliphatic imine (C=N–C) groups is 1. The topological polar surface area (TPSA) is 46.1 Å². The van der Waals surface area contributed by atoms with E-state index in [0.717, 1.165) is 58.1 Å². The van der Waals surface area contributed by atoms with Gasteiger partial charge in [-0.05, 0) is 55.2 Å². The van der Waals surface area contributed by atoms with Crippen molar-refractivity contribution < 1.29 is 9.47 Å². The number of hydrogen-bond donors (Lipinski definition) is 1. The molecule has 6 heteroatoms. The molecule has 2 fully saturated rings. The maximum Gasteiger partial charge on any atom is 0.194 e. The Hall–Kier alpha value is -1.64. The number of benzene rings is 2. The Labute approximate surface area is 216 Å². The number of nitrogens with zero attached hydrogens (tertiary/aromatic N) is 2. The number of guanidine groups is 1. The van der Waals surface area contributed by atoms with E-state index < -0.39 is 0 Å². The zero-order chi connectivity index (χ0) is 22.0. The Morgan fingerprint density at radius 3 is 2.58 bits per heavy atom. The fraction of sp³-hybridized carbons (Fsp3) is 0.519. The Morgan fingerprint density at radius 1 is 1.03 bits per heavy atom. The molecule has 2 heterocycles. The molecule has 0 saturated carbocycles. The van der Waals surface area contributed by atoms with E-state index in [1.807, 2.05) is 0 Å².